The van der Waals surface area contributed by atoms with Crippen molar-refractivity contribution in [1.82, 2.24) is 4.90 Å². The number of nitrogens with zero attached hydrogens (tertiary/aromatic N) is 2. The lowest BCUT2D eigenvalue weighted by molar-refractivity contribution is -0.669. The Hall–Kier alpha value is -1.96. The van der Waals surface area contributed by atoms with Crippen LogP contribution in [0.25, 0.3) is 16.3 Å². The standard InChI is InChI=1S/C26H32N2O6S4/c1-20(18-25-27(14-6-8-16-37(29,30)31)21-10-2-4-12-23(21)35-25)19-26-28(15-7-9-17-38(32,33)34)22-11-3-5-13-24(22)36-26/h2-5,10-13,18-19,21,23H,6-9,14-17H2,1H3,(H-,29,30,31,32,33,34). The summed E-state index contributed by atoms with van der Waals surface area (Å²) in [6.45, 7) is 3.35. The Bertz CT molecular complexity index is 1490. The van der Waals surface area contributed by atoms with E-state index in [9.17, 15) is 21.4 Å². The molecule has 1 aliphatic heterocycles. The number of thiazole rings is 1. The van der Waals surface area contributed by atoms with Crippen LogP contribution >= 0.6 is 23.1 Å². The molecule has 0 saturated carbocycles. The number of aromatic nitrogens is 1. The number of allylic oxidation sites excluding steroid dienone is 4. The van der Waals surface area contributed by atoms with Crippen LogP contribution in [0.15, 0.2) is 65.2 Å². The molecule has 1 fully saturated rings. The van der Waals surface area contributed by atoms with Gasteiger partial charge in [-0.05, 0) is 43.9 Å². The number of rotatable bonds is 12. The summed E-state index contributed by atoms with van der Waals surface area (Å²) in [5.41, 5.74) is 2.15. The van der Waals surface area contributed by atoms with E-state index in [0.29, 0.717) is 38.8 Å². The van der Waals surface area contributed by atoms with Crippen molar-refractivity contribution in [3.8, 4) is 0 Å². The molecule has 12 heteroatoms. The molecular formula is C26H32N2O6S4. The Morgan fingerprint density at radius 2 is 1.82 bits per heavy atom. The second-order valence-electron chi connectivity index (χ2n) is 9.43. The van der Waals surface area contributed by atoms with Crippen LogP contribution in [-0.2, 0) is 26.8 Å². The summed E-state index contributed by atoms with van der Waals surface area (Å²) in [4.78, 5) is 2.29. The predicted octanol–water partition coefficient (Wildman–Crippen LogP) is 4.34. The molecule has 4 rings (SSSR count). The van der Waals surface area contributed by atoms with Gasteiger partial charge in [0.1, 0.15) is 4.70 Å². The van der Waals surface area contributed by atoms with Crippen molar-refractivity contribution in [2.45, 2.75) is 50.4 Å². The highest BCUT2D eigenvalue weighted by Gasteiger charge is 2.35. The number of unbranched alkanes of at least 4 members (excludes halogenated alkanes) is 2. The molecule has 0 radical (unpaired) electrons. The van der Waals surface area contributed by atoms with Gasteiger partial charge in [-0.1, -0.05) is 59.5 Å². The van der Waals surface area contributed by atoms with E-state index >= 15 is 0 Å². The van der Waals surface area contributed by atoms with Gasteiger partial charge in [-0.15, -0.1) is 0 Å². The second kappa shape index (κ2) is 12.5. The maximum absolute atomic E-state index is 11.1. The fourth-order valence-electron chi connectivity index (χ4n) is 4.63. The summed E-state index contributed by atoms with van der Waals surface area (Å²) in [5.74, 6) is -0.586. The summed E-state index contributed by atoms with van der Waals surface area (Å²) < 4.78 is 67.6. The summed E-state index contributed by atoms with van der Waals surface area (Å²) in [7, 11) is -8.18. The molecule has 2 aromatic rings. The molecule has 2 atom stereocenters. The zero-order chi connectivity index (χ0) is 27.3. The summed E-state index contributed by atoms with van der Waals surface area (Å²) in [6.07, 6.45) is 14.7. The monoisotopic (exact) mass is 596 g/mol. The first-order valence-corrected chi connectivity index (χ1v) is 17.4. The highest BCUT2D eigenvalue weighted by atomic mass is 32.2. The Morgan fingerprint density at radius 3 is 2.58 bits per heavy atom. The molecule has 0 spiro atoms. The van der Waals surface area contributed by atoms with Crippen molar-refractivity contribution in [2.24, 2.45) is 0 Å². The largest absolute Gasteiger partial charge is 0.748 e. The van der Waals surface area contributed by atoms with Gasteiger partial charge in [-0.3, -0.25) is 4.55 Å². The van der Waals surface area contributed by atoms with E-state index in [4.69, 9.17) is 4.55 Å². The third-order valence-electron chi connectivity index (χ3n) is 6.37. The lowest BCUT2D eigenvalue weighted by Crippen LogP contribution is -2.35. The molecule has 1 saturated heterocycles. The van der Waals surface area contributed by atoms with Crippen LogP contribution in [0.4, 0.5) is 0 Å². The van der Waals surface area contributed by atoms with Crippen molar-refractivity contribution in [1.29, 1.82) is 0 Å². The van der Waals surface area contributed by atoms with Crippen LogP contribution in [0.3, 0.4) is 0 Å². The number of aryl methyl sites for hydroxylation is 1. The first-order chi connectivity index (χ1) is 18.0. The van der Waals surface area contributed by atoms with Gasteiger partial charge in [0.25, 0.3) is 15.1 Å². The zero-order valence-corrected chi connectivity index (χ0v) is 24.4. The van der Waals surface area contributed by atoms with E-state index < -0.39 is 20.2 Å². The van der Waals surface area contributed by atoms with E-state index in [1.807, 2.05) is 24.3 Å². The van der Waals surface area contributed by atoms with Gasteiger partial charge in [-0.25, -0.2) is 8.42 Å². The molecule has 0 amide bonds. The predicted molar refractivity (Wildman–Crippen MR) is 153 cm³/mol. The van der Waals surface area contributed by atoms with Crippen molar-refractivity contribution >= 4 is 59.6 Å². The summed E-state index contributed by atoms with van der Waals surface area (Å²) in [5, 5.41) is 2.44. The average Bonchev–Trinajstić information content (AvgIpc) is 3.35. The Labute approximate surface area is 232 Å². The molecule has 2 heterocycles. The molecule has 1 aromatic carbocycles. The summed E-state index contributed by atoms with van der Waals surface area (Å²) in [6, 6.07) is 8.29. The molecule has 2 unspecified atom stereocenters. The van der Waals surface area contributed by atoms with E-state index in [-0.39, 0.29) is 22.8 Å². The third-order valence-corrected chi connectivity index (χ3v) is 10.4. The quantitative estimate of drug-likeness (QED) is 0.218. The zero-order valence-electron chi connectivity index (χ0n) is 21.1. The minimum absolute atomic E-state index is 0.185. The highest BCUT2D eigenvalue weighted by Crippen LogP contribution is 2.42. The number of fused-ring (bicyclic) bond motifs is 2. The van der Waals surface area contributed by atoms with Gasteiger partial charge in [0.05, 0.1) is 32.2 Å². The van der Waals surface area contributed by atoms with Crippen LogP contribution < -0.4 is 4.57 Å². The number of benzene rings is 1. The number of hydrogen-bond donors (Lipinski definition) is 1. The first-order valence-electron chi connectivity index (χ1n) is 12.5. The van der Waals surface area contributed by atoms with Gasteiger partial charge in [-0.2, -0.15) is 13.0 Å². The van der Waals surface area contributed by atoms with Crippen LogP contribution in [0.5, 0.6) is 0 Å². The molecule has 2 aliphatic rings. The van der Waals surface area contributed by atoms with Crippen LogP contribution in [0.2, 0.25) is 0 Å². The van der Waals surface area contributed by atoms with Gasteiger partial charge in [0.2, 0.25) is 5.52 Å². The maximum Gasteiger partial charge on any atom is 0.264 e. The van der Waals surface area contributed by atoms with E-state index in [0.717, 1.165) is 25.8 Å². The SMILES string of the molecule is CC(=Cc1sc2ccccc2[n+]1CCCCS(=O)(=O)O)C=C1SC2C=CC=CC2N1CCCCS(=O)(=O)[O-]. The maximum atomic E-state index is 11.1. The third kappa shape index (κ3) is 8.03. The van der Waals surface area contributed by atoms with Crippen molar-refractivity contribution in [3.63, 3.8) is 0 Å². The summed E-state index contributed by atoms with van der Waals surface area (Å²) >= 11 is 3.45. The minimum atomic E-state index is -4.21. The van der Waals surface area contributed by atoms with Crippen LogP contribution in [-0.4, -0.2) is 60.2 Å². The van der Waals surface area contributed by atoms with E-state index in [1.165, 1.54) is 0 Å². The number of hydrogen-bond acceptors (Lipinski definition) is 8. The van der Waals surface area contributed by atoms with E-state index in [2.05, 4.69) is 52.8 Å². The number of para-hydroxylation sites is 1. The Kier molecular flexibility index (Phi) is 9.53. The van der Waals surface area contributed by atoms with Crippen molar-refractivity contribution in [2.75, 3.05) is 18.1 Å². The van der Waals surface area contributed by atoms with Gasteiger partial charge in [0, 0.05) is 30.9 Å². The van der Waals surface area contributed by atoms with E-state index in [1.54, 1.807) is 23.1 Å². The lowest BCUT2D eigenvalue weighted by Gasteiger charge is -2.27. The minimum Gasteiger partial charge on any atom is -0.748 e. The fourth-order valence-corrected chi connectivity index (χ4v) is 8.39. The second-order valence-corrected chi connectivity index (χ2v) is 14.8. The molecule has 0 bridgehead atoms. The van der Waals surface area contributed by atoms with Gasteiger partial charge < -0.3 is 9.45 Å². The molecule has 1 aromatic heterocycles. The van der Waals surface area contributed by atoms with Crippen LogP contribution in [0, 0.1) is 0 Å². The van der Waals surface area contributed by atoms with Gasteiger partial charge in [0.15, 0.2) is 6.54 Å². The first kappa shape index (κ1) is 29.0. The Morgan fingerprint density at radius 1 is 1.08 bits per heavy atom. The number of thioether (sulfide) groups is 1. The molecule has 38 heavy (non-hydrogen) atoms. The smallest absolute Gasteiger partial charge is 0.264 e. The highest BCUT2D eigenvalue weighted by molar-refractivity contribution is 8.04. The normalized spacial score (nSPS) is 21.1. The average molecular weight is 597 g/mol. The van der Waals surface area contributed by atoms with Crippen LogP contribution in [0.1, 0.15) is 37.6 Å². The molecule has 1 N–H and O–H groups in total. The molecule has 8 nitrogen and oxygen atoms in total. The molecular weight excluding hydrogens is 565 g/mol. The Balaban J connectivity index is 1.55. The van der Waals surface area contributed by atoms with Crippen molar-refractivity contribution < 1.29 is 30.5 Å². The van der Waals surface area contributed by atoms with Gasteiger partial charge >= 0.3 is 0 Å². The topological polar surface area (TPSA) is 119 Å². The van der Waals surface area contributed by atoms with Crippen molar-refractivity contribution in [3.05, 3.63) is 70.3 Å². The molecule has 1 aliphatic carbocycles. The molecule has 206 valence electrons. The fraction of sp³-hybridized carbons (Fsp3) is 0.423. The lowest BCUT2D eigenvalue weighted by atomic mass is 10.1.